The van der Waals surface area contributed by atoms with Crippen LogP contribution in [0.15, 0.2) is 24.4 Å². The van der Waals surface area contributed by atoms with Crippen LogP contribution in [0.4, 0.5) is 10.7 Å². The van der Waals surface area contributed by atoms with Crippen LogP contribution in [-0.4, -0.2) is 33.2 Å². The van der Waals surface area contributed by atoms with Gasteiger partial charge in [0.05, 0.1) is 28.8 Å². The number of nitrogens with one attached hydrogen (secondary N) is 1. The number of aromatic nitrogens is 2. The number of rotatable bonds is 6. The van der Waals surface area contributed by atoms with Gasteiger partial charge in [0, 0.05) is 22.4 Å². The lowest BCUT2D eigenvalue weighted by atomic mass is 9.95. The Morgan fingerprint density at radius 2 is 2.13 bits per heavy atom. The van der Waals surface area contributed by atoms with Gasteiger partial charge in [0.25, 0.3) is 5.69 Å². The van der Waals surface area contributed by atoms with Crippen LogP contribution >= 0.6 is 11.3 Å². The van der Waals surface area contributed by atoms with Crippen LogP contribution in [-0.2, 0) is 28.9 Å². The van der Waals surface area contributed by atoms with Gasteiger partial charge in [-0.2, -0.15) is 5.10 Å². The molecule has 0 bridgehead atoms. The van der Waals surface area contributed by atoms with Crippen LogP contribution in [0.1, 0.15) is 40.6 Å². The van der Waals surface area contributed by atoms with Crippen molar-refractivity contribution >= 4 is 44.8 Å². The highest BCUT2D eigenvalue weighted by molar-refractivity contribution is 7.17. The lowest BCUT2D eigenvalue weighted by molar-refractivity contribution is -0.384. The largest absolute Gasteiger partial charge is 0.462 e. The number of nitro groups is 1. The Hall–Kier alpha value is -3.27. The molecule has 1 aliphatic rings. The SMILES string of the molecule is CCOC(=O)c1c(NC(=O)Cn2ncc3cc([N+](=O)[O-])ccc32)sc2c1CCCC2. The first-order chi connectivity index (χ1) is 14.5. The summed E-state index contributed by atoms with van der Waals surface area (Å²) >= 11 is 1.43. The third-order valence-electron chi connectivity index (χ3n) is 5.03. The Morgan fingerprint density at radius 3 is 2.90 bits per heavy atom. The molecule has 1 aromatic carbocycles. The molecule has 0 saturated carbocycles. The van der Waals surface area contributed by atoms with E-state index < -0.39 is 10.9 Å². The van der Waals surface area contributed by atoms with Crippen molar-refractivity contribution < 1.29 is 19.2 Å². The molecule has 1 aliphatic carbocycles. The molecule has 2 aromatic heterocycles. The number of carbonyl (C=O) groups excluding carboxylic acids is 2. The van der Waals surface area contributed by atoms with Crippen LogP contribution in [0.25, 0.3) is 10.9 Å². The molecule has 0 radical (unpaired) electrons. The second-order valence-corrected chi connectivity index (χ2v) is 8.09. The van der Waals surface area contributed by atoms with E-state index in [2.05, 4.69) is 10.4 Å². The lowest BCUT2D eigenvalue weighted by Gasteiger charge is -2.12. The van der Waals surface area contributed by atoms with E-state index in [1.54, 1.807) is 13.0 Å². The maximum Gasteiger partial charge on any atom is 0.341 e. The first kappa shape index (κ1) is 20.0. The number of nitro benzene ring substituents is 1. The van der Waals surface area contributed by atoms with E-state index in [1.165, 1.54) is 34.3 Å². The van der Waals surface area contributed by atoms with Crippen molar-refractivity contribution in [1.29, 1.82) is 0 Å². The summed E-state index contributed by atoms with van der Waals surface area (Å²) in [4.78, 5) is 36.8. The smallest absolute Gasteiger partial charge is 0.341 e. The Balaban J connectivity index is 1.57. The number of amides is 1. The highest BCUT2D eigenvalue weighted by Gasteiger charge is 2.27. The third kappa shape index (κ3) is 3.78. The number of esters is 1. The molecule has 1 amide bonds. The molecule has 0 fully saturated rings. The molecule has 0 unspecified atom stereocenters. The zero-order valence-corrected chi connectivity index (χ0v) is 17.2. The number of hydrogen-bond acceptors (Lipinski definition) is 7. The monoisotopic (exact) mass is 428 g/mol. The first-order valence-corrected chi connectivity index (χ1v) is 10.5. The van der Waals surface area contributed by atoms with E-state index in [1.807, 2.05) is 0 Å². The van der Waals surface area contributed by atoms with E-state index in [0.29, 0.717) is 21.5 Å². The van der Waals surface area contributed by atoms with Crippen molar-refractivity contribution in [1.82, 2.24) is 9.78 Å². The number of anilines is 1. The van der Waals surface area contributed by atoms with Gasteiger partial charge in [-0.15, -0.1) is 11.3 Å². The van der Waals surface area contributed by atoms with E-state index in [9.17, 15) is 19.7 Å². The van der Waals surface area contributed by atoms with Gasteiger partial charge in [0.2, 0.25) is 5.91 Å². The standard InChI is InChI=1S/C20H20N4O5S/c1-2-29-20(26)18-14-5-3-4-6-16(14)30-19(18)22-17(25)11-23-15-8-7-13(24(27)28)9-12(15)10-21-23/h7-10H,2-6,11H2,1H3,(H,22,25). The number of carbonyl (C=O) groups is 2. The van der Waals surface area contributed by atoms with E-state index in [0.717, 1.165) is 36.1 Å². The summed E-state index contributed by atoms with van der Waals surface area (Å²) in [5, 5.41) is 19.0. The van der Waals surface area contributed by atoms with Crippen LogP contribution in [0.2, 0.25) is 0 Å². The zero-order valence-electron chi connectivity index (χ0n) is 16.3. The maximum absolute atomic E-state index is 12.7. The molecule has 0 saturated heterocycles. The fourth-order valence-corrected chi connectivity index (χ4v) is 4.98. The fraction of sp³-hybridized carbons (Fsp3) is 0.350. The molecule has 30 heavy (non-hydrogen) atoms. The predicted molar refractivity (Wildman–Crippen MR) is 112 cm³/mol. The van der Waals surface area contributed by atoms with Crippen molar-refractivity contribution in [3.05, 3.63) is 50.5 Å². The van der Waals surface area contributed by atoms with Crippen molar-refractivity contribution in [3.63, 3.8) is 0 Å². The predicted octanol–water partition coefficient (Wildman–Crippen LogP) is 3.70. The molecule has 1 N–H and O–H groups in total. The average Bonchev–Trinajstić information content (AvgIpc) is 3.28. The highest BCUT2D eigenvalue weighted by Crippen LogP contribution is 2.38. The number of fused-ring (bicyclic) bond motifs is 2. The summed E-state index contributed by atoms with van der Waals surface area (Å²) in [6.45, 7) is 1.94. The number of non-ortho nitro benzene ring substituents is 1. The minimum atomic E-state index is -0.473. The van der Waals surface area contributed by atoms with Gasteiger partial charge in [-0.1, -0.05) is 0 Å². The Bertz CT molecular complexity index is 1150. The van der Waals surface area contributed by atoms with Crippen molar-refractivity contribution in [2.45, 2.75) is 39.2 Å². The summed E-state index contributed by atoms with van der Waals surface area (Å²) < 4.78 is 6.69. The maximum atomic E-state index is 12.7. The molecule has 0 atom stereocenters. The number of ether oxygens (including phenoxy) is 1. The molecule has 2 heterocycles. The molecule has 9 nitrogen and oxygen atoms in total. The van der Waals surface area contributed by atoms with Crippen LogP contribution in [0.5, 0.6) is 0 Å². The summed E-state index contributed by atoms with van der Waals surface area (Å²) in [5.74, 6) is -0.744. The number of nitrogens with zero attached hydrogens (tertiary/aromatic N) is 3. The third-order valence-corrected chi connectivity index (χ3v) is 6.24. The topological polar surface area (TPSA) is 116 Å². The average molecular weight is 428 g/mol. The number of aryl methyl sites for hydroxylation is 1. The highest BCUT2D eigenvalue weighted by atomic mass is 32.1. The Labute approximate surface area is 175 Å². The van der Waals surface area contributed by atoms with Crippen molar-refractivity contribution in [2.24, 2.45) is 0 Å². The van der Waals surface area contributed by atoms with Crippen LogP contribution in [0.3, 0.4) is 0 Å². The summed E-state index contributed by atoms with van der Waals surface area (Å²) in [5.41, 5.74) is 2.03. The van der Waals surface area contributed by atoms with Gasteiger partial charge < -0.3 is 10.1 Å². The Morgan fingerprint density at radius 1 is 1.33 bits per heavy atom. The van der Waals surface area contributed by atoms with Gasteiger partial charge >= 0.3 is 5.97 Å². The molecular weight excluding hydrogens is 408 g/mol. The normalized spacial score (nSPS) is 13.1. The second kappa shape index (κ2) is 8.23. The van der Waals surface area contributed by atoms with Gasteiger partial charge in [-0.05, 0) is 44.2 Å². The number of hydrogen-bond donors (Lipinski definition) is 1. The van der Waals surface area contributed by atoms with Crippen LogP contribution in [0, 0.1) is 10.1 Å². The van der Waals surface area contributed by atoms with Gasteiger partial charge in [0.1, 0.15) is 11.5 Å². The van der Waals surface area contributed by atoms with E-state index in [4.69, 9.17) is 4.74 Å². The van der Waals surface area contributed by atoms with Gasteiger partial charge in [-0.25, -0.2) is 4.79 Å². The fourth-order valence-electron chi connectivity index (χ4n) is 3.69. The minimum Gasteiger partial charge on any atom is -0.462 e. The lowest BCUT2D eigenvalue weighted by Crippen LogP contribution is -2.20. The molecule has 0 aliphatic heterocycles. The van der Waals surface area contributed by atoms with Gasteiger partial charge in [-0.3, -0.25) is 19.6 Å². The van der Waals surface area contributed by atoms with E-state index in [-0.39, 0.29) is 24.7 Å². The molecule has 4 rings (SSSR count). The van der Waals surface area contributed by atoms with Crippen molar-refractivity contribution in [2.75, 3.05) is 11.9 Å². The van der Waals surface area contributed by atoms with Crippen molar-refractivity contribution in [3.8, 4) is 0 Å². The molecular formula is C20H20N4O5S. The first-order valence-electron chi connectivity index (χ1n) is 9.69. The summed E-state index contributed by atoms with van der Waals surface area (Å²) in [6.07, 6.45) is 5.26. The summed E-state index contributed by atoms with van der Waals surface area (Å²) in [7, 11) is 0. The van der Waals surface area contributed by atoms with Crippen LogP contribution < -0.4 is 5.32 Å². The summed E-state index contributed by atoms with van der Waals surface area (Å²) in [6, 6.07) is 4.37. The van der Waals surface area contributed by atoms with E-state index >= 15 is 0 Å². The molecule has 10 heteroatoms. The van der Waals surface area contributed by atoms with Gasteiger partial charge in [0.15, 0.2) is 0 Å². The number of thiophene rings is 1. The molecule has 3 aromatic rings. The zero-order chi connectivity index (χ0) is 21.3. The molecule has 0 spiro atoms. The Kier molecular flexibility index (Phi) is 5.49. The minimum absolute atomic E-state index is 0.0326. The molecule has 156 valence electrons. The second-order valence-electron chi connectivity index (χ2n) is 6.99. The number of benzene rings is 1. The quantitative estimate of drug-likeness (QED) is 0.363.